The minimum Gasteiger partial charge on any atom is -0.465 e. The zero-order valence-corrected chi connectivity index (χ0v) is 27.4. The molecule has 244 valence electrons. The molecular formula is C37H40F3NO4S. The van der Waals surface area contributed by atoms with E-state index in [-0.39, 0.29) is 17.6 Å². The van der Waals surface area contributed by atoms with E-state index in [0.717, 1.165) is 54.2 Å². The third kappa shape index (κ3) is 7.09. The summed E-state index contributed by atoms with van der Waals surface area (Å²) in [4.78, 5) is 13.2. The third-order valence-corrected chi connectivity index (χ3v) is 11.4. The molecule has 0 spiro atoms. The van der Waals surface area contributed by atoms with Gasteiger partial charge in [0, 0.05) is 27.2 Å². The molecule has 5 unspecified atom stereocenters. The average molecular weight is 652 g/mol. The van der Waals surface area contributed by atoms with Gasteiger partial charge in [0.05, 0.1) is 12.7 Å². The molecule has 1 aromatic heterocycles. The van der Waals surface area contributed by atoms with Crippen molar-refractivity contribution in [3.05, 3.63) is 77.6 Å². The van der Waals surface area contributed by atoms with Gasteiger partial charge in [0.2, 0.25) is 0 Å². The summed E-state index contributed by atoms with van der Waals surface area (Å²) in [5.41, 5.74) is 2.25. The lowest BCUT2D eigenvalue weighted by Crippen LogP contribution is -2.36. The van der Waals surface area contributed by atoms with Crippen molar-refractivity contribution in [2.24, 2.45) is 23.7 Å². The molecule has 2 aliphatic rings. The molecule has 4 aromatic rings. The highest BCUT2D eigenvalue weighted by molar-refractivity contribution is 8.00. The lowest BCUT2D eigenvalue weighted by molar-refractivity contribution is -0.274. The van der Waals surface area contributed by atoms with Crippen LogP contribution in [0.1, 0.15) is 80.5 Å². The number of thioether (sulfide) groups is 1. The summed E-state index contributed by atoms with van der Waals surface area (Å²) in [6.07, 6.45) is 1.19. The van der Waals surface area contributed by atoms with E-state index in [9.17, 15) is 18.0 Å². The van der Waals surface area contributed by atoms with Crippen LogP contribution < -0.4 is 4.74 Å². The van der Waals surface area contributed by atoms with Crippen LogP contribution in [0, 0.1) is 23.7 Å². The normalized spacial score (nSPS) is 22.5. The molecule has 0 amide bonds. The van der Waals surface area contributed by atoms with Crippen LogP contribution in [0.25, 0.3) is 22.0 Å². The molecule has 5 atom stereocenters. The molecule has 0 radical (unpaired) electrons. The minimum atomic E-state index is -4.80. The molecule has 0 aliphatic heterocycles. The Labute approximate surface area is 272 Å². The lowest BCUT2D eigenvalue weighted by Gasteiger charge is -2.42. The zero-order chi connectivity index (χ0) is 32.6. The molecule has 0 N–H and O–H groups in total. The number of esters is 1. The lowest BCUT2D eigenvalue weighted by atomic mass is 9.69. The van der Waals surface area contributed by atoms with Crippen LogP contribution in [0.5, 0.6) is 5.75 Å². The summed E-state index contributed by atoms with van der Waals surface area (Å²) >= 11 is 1.95. The summed E-state index contributed by atoms with van der Waals surface area (Å²) in [5.74, 6) is 2.30. The van der Waals surface area contributed by atoms with Gasteiger partial charge in [-0.3, -0.25) is 0 Å². The van der Waals surface area contributed by atoms with Crippen molar-refractivity contribution >= 4 is 28.5 Å². The number of alkyl halides is 3. The quantitative estimate of drug-likeness (QED) is 0.159. The number of rotatable bonds is 10. The SMILES string of the molecule is CCC1CC(C(C)Cc2c(-c3ccccc3OC(F)(F)F)noc2C2CC2)CC(C)C1Sc1ccc2cc(C(=O)OC)ccc2c1. The number of aromatic nitrogens is 1. The summed E-state index contributed by atoms with van der Waals surface area (Å²) < 4.78 is 54.8. The Hall–Kier alpha value is -3.46. The van der Waals surface area contributed by atoms with Crippen molar-refractivity contribution in [2.75, 3.05) is 7.11 Å². The highest BCUT2D eigenvalue weighted by atomic mass is 32.2. The van der Waals surface area contributed by atoms with Crippen LogP contribution in [0.4, 0.5) is 13.2 Å². The summed E-state index contributed by atoms with van der Waals surface area (Å²) in [5, 5.41) is 6.91. The van der Waals surface area contributed by atoms with E-state index in [2.05, 4.69) is 48.9 Å². The largest absolute Gasteiger partial charge is 0.573 e. The van der Waals surface area contributed by atoms with Crippen molar-refractivity contribution in [1.29, 1.82) is 0 Å². The van der Waals surface area contributed by atoms with Crippen LogP contribution in [-0.4, -0.2) is 29.8 Å². The fourth-order valence-corrected chi connectivity index (χ4v) is 8.73. The maximum atomic E-state index is 13.2. The van der Waals surface area contributed by atoms with Gasteiger partial charge in [0.1, 0.15) is 17.2 Å². The molecule has 1 heterocycles. The number of carbonyl (C=O) groups is 1. The Bertz CT molecular complexity index is 1700. The van der Waals surface area contributed by atoms with E-state index in [1.807, 2.05) is 30.0 Å². The van der Waals surface area contributed by atoms with Crippen LogP contribution in [0.2, 0.25) is 0 Å². The van der Waals surface area contributed by atoms with Crippen LogP contribution in [0.3, 0.4) is 0 Å². The molecular weight excluding hydrogens is 611 g/mol. The number of nitrogens with zero attached hydrogens (tertiary/aromatic N) is 1. The highest BCUT2D eigenvalue weighted by Crippen LogP contribution is 2.50. The number of halogens is 3. The van der Waals surface area contributed by atoms with E-state index in [1.54, 1.807) is 12.1 Å². The maximum Gasteiger partial charge on any atom is 0.573 e. The molecule has 9 heteroatoms. The van der Waals surface area contributed by atoms with Gasteiger partial charge in [-0.05, 0) is 103 Å². The van der Waals surface area contributed by atoms with Gasteiger partial charge in [-0.2, -0.15) is 0 Å². The van der Waals surface area contributed by atoms with Gasteiger partial charge >= 0.3 is 12.3 Å². The number of methoxy groups -OCH3 is 1. The first-order chi connectivity index (χ1) is 22.0. The molecule has 46 heavy (non-hydrogen) atoms. The Morgan fingerprint density at radius 1 is 1.07 bits per heavy atom. The van der Waals surface area contributed by atoms with E-state index >= 15 is 0 Å². The predicted octanol–water partition coefficient (Wildman–Crippen LogP) is 10.5. The maximum absolute atomic E-state index is 13.2. The second kappa shape index (κ2) is 13.3. The topological polar surface area (TPSA) is 61.6 Å². The first-order valence-electron chi connectivity index (χ1n) is 16.2. The van der Waals surface area contributed by atoms with Crippen molar-refractivity contribution in [1.82, 2.24) is 5.16 Å². The average Bonchev–Trinajstić information content (AvgIpc) is 3.80. The predicted molar refractivity (Wildman–Crippen MR) is 174 cm³/mol. The fraction of sp³-hybridized carbons (Fsp3) is 0.459. The fourth-order valence-electron chi connectivity index (χ4n) is 7.23. The van der Waals surface area contributed by atoms with Crippen LogP contribution in [-0.2, 0) is 11.2 Å². The summed E-state index contributed by atoms with van der Waals surface area (Å²) in [7, 11) is 1.39. The Morgan fingerprint density at radius 2 is 1.80 bits per heavy atom. The van der Waals surface area contributed by atoms with E-state index < -0.39 is 6.36 Å². The molecule has 5 nitrogen and oxygen atoms in total. The zero-order valence-electron chi connectivity index (χ0n) is 26.6. The number of hydrogen-bond acceptors (Lipinski definition) is 6. The van der Waals surface area contributed by atoms with Gasteiger partial charge in [0.15, 0.2) is 0 Å². The number of fused-ring (bicyclic) bond motifs is 1. The Kier molecular flexibility index (Phi) is 9.42. The van der Waals surface area contributed by atoms with Gasteiger partial charge in [-0.15, -0.1) is 24.9 Å². The van der Waals surface area contributed by atoms with Gasteiger partial charge in [-0.1, -0.05) is 56.6 Å². The summed E-state index contributed by atoms with van der Waals surface area (Å²) in [6, 6.07) is 18.3. The van der Waals surface area contributed by atoms with Crippen molar-refractivity contribution < 1.29 is 32.0 Å². The molecule has 2 saturated carbocycles. The van der Waals surface area contributed by atoms with E-state index in [1.165, 1.54) is 24.1 Å². The molecule has 3 aromatic carbocycles. The Balaban J connectivity index is 1.19. The van der Waals surface area contributed by atoms with E-state index in [4.69, 9.17) is 9.26 Å². The number of hydrogen-bond donors (Lipinski definition) is 0. The molecule has 0 bridgehead atoms. The summed E-state index contributed by atoms with van der Waals surface area (Å²) in [6.45, 7) is 6.90. The molecule has 2 aliphatic carbocycles. The molecule has 2 fully saturated rings. The highest BCUT2D eigenvalue weighted by Gasteiger charge is 2.40. The standard InChI is InChI=1S/C37H40F3NO4S/c1-5-23-18-28(16-22(3)35(23)46-29-15-14-25-19-27(36(42)43-4)13-12-26(25)20-29)21(2)17-31-33(41-45-34(31)24-10-11-24)30-8-6-7-9-32(30)44-37(38,39)40/h6-9,12-15,19-24,28,35H,5,10-11,16-18H2,1-4H3. The number of para-hydroxylation sites is 1. The molecule has 0 saturated heterocycles. The van der Waals surface area contributed by atoms with Gasteiger partial charge in [-0.25, -0.2) is 4.79 Å². The number of benzene rings is 3. The van der Waals surface area contributed by atoms with Crippen LogP contribution >= 0.6 is 11.8 Å². The van der Waals surface area contributed by atoms with Crippen molar-refractivity contribution in [3.8, 4) is 17.0 Å². The Morgan fingerprint density at radius 3 is 2.52 bits per heavy atom. The first-order valence-corrected chi connectivity index (χ1v) is 17.0. The second-order valence-electron chi connectivity index (χ2n) is 13.0. The van der Waals surface area contributed by atoms with Gasteiger partial charge in [0.25, 0.3) is 0 Å². The van der Waals surface area contributed by atoms with E-state index in [0.29, 0.717) is 52.2 Å². The van der Waals surface area contributed by atoms with Crippen LogP contribution in [0.15, 0.2) is 70.1 Å². The number of carbonyl (C=O) groups excluding carboxylic acids is 1. The monoisotopic (exact) mass is 651 g/mol. The van der Waals surface area contributed by atoms with Gasteiger partial charge < -0.3 is 14.0 Å². The third-order valence-electron chi connectivity index (χ3n) is 9.80. The van der Waals surface area contributed by atoms with Crippen molar-refractivity contribution in [2.45, 2.75) is 81.7 Å². The number of ether oxygens (including phenoxy) is 2. The minimum absolute atomic E-state index is 0.255. The first kappa shape index (κ1) is 32.5. The molecule has 6 rings (SSSR count). The smallest absolute Gasteiger partial charge is 0.465 e. The second-order valence-corrected chi connectivity index (χ2v) is 14.3. The van der Waals surface area contributed by atoms with Crippen molar-refractivity contribution in [3.63, 3.8) is 0 Å².